The molecule has 0 spiro atoms. The van der Waals surface area contributed by atoms with Crippen molar-refractivity contribution in [2.45, 2.75) is 43.5 Å². The molecule has 0 aromatic rings. The second kappa shape index (κ2) is 4.96. The highest BCUT2D eigenvalue weighted by Crippen LogP contribution is 2.28. The van der Waals surface area contributed by atoms with E-state index in [4.69, 9.17) is 10.3 Å². The SMILES string of the molecule is CC1(O)C[C@H](O)[C@@H](O)[C@@H]([C@H](O)CN=[N+]=[N-])O1. The zero-order valence-electron chi connectivity index (χ0n) is 8.76. The standard InChI is InChI=1S/C8H15N3O5/c1-8(15)2-4(12)6(14)7(16-8)5(13)3-10-11-9/h4-7,12-15H,2-3H2,1H3/t4-,5+,6+,7+,8?/m0/s1. The fourth-order valence-electron chi connectivity index (χ4n) is 1.67. The topological polar surface area (TPSA) is 139 Å². The Morgan fingerprint density at radius 3 is 2.81 bits per heavy atom. The molecule has 1 aliphatic heterocycles. The Balaban J connectivity index is 2.72. The quantitative estimate of drug-likeness (QED) is 0.277. The summed E-state index contributed by atoms with van der Waals surface area (Å²) in [5.74, 6) is -1.62. The van der Waals surface area contributed by atoms with E-state index < -0.39 is 30.2 Å². The van der Waals surface area contributed by atoms with E-state index >= 15 is 0 Å². The number of hydrogen-bond donors (Lipinski definition) is 4. The molecule has 4 N–H and O–H groups in total. The minimum absolute atomic E-state index is 0.154. The molecule has 1 unspecified atom stereocenters. The molecule has 1 rings (SSSR count). The highest BCUT2D eigenvalue weighted by Gasteiger charge is 2.45. The summed E-state index contributed by atoms with van der Waals surface area (Å²) in [6, 6.07) is 0. The predicted octanol–water partition coefficient (Wildman–Crippen LogP) is -1.12. The number of rotatable bonds is 3. The molecule has 0 amide bonds. The molecule has 0 aromatic carbocycles. The van der Waals surface area contributed by atoms with Gasteiger partial charge in [0.2, 0.25) is 0 Å². The van der Waals surface area contributed by atoms with Crippen LogP contribution in [0.25, 0.3) is 10.4 Å². The van der Waals surface area contributed by atoms with Crippen molar-refractivity contribution in [3.8, 4) is 0 Å². The van der Waals surface area contributed by atoms with Crippen molar-refractivity contribution in [2.75, 3.05) is 6.54 Å². The molecule has 0 aliphatic carbocycles. The van der Waals surface area contributed by atoms with Crippen LogP contribution in [-0.4, -0.2) is 57.2 Å². The Morgan fingerprint density at radius 1 is 1.62 bits per heavy atom. The minimum atomic E-state index is -1.62. The summed E-state index contributed by atoms with van der Waals surface area (Å²) in [5, 5.41) is 41.3. The van der Waals surface area contributed by atoms with Crippen molar-refractivity contribution < 1.29 is 25.2 Å². The summed E-state index contributed by atoms with van der Waals surface area (Å²) >= 11 is 0. The molecule has 0 radical (unpaired) electrons. The summed E-state index contributed by atoms with van der Waals surface area (Å²) in [4.78, 5) is 2.45. The molecule has 16 heavy (non-hydrogen) atoms. The summed E-state index contributed by atoms with van der Waals surface area (Å²) in [6.45, 7) is 1.01. The van der Waals surface area contributed by atoms with Crippen LogP contribution in [0.15, 0.2) is 5.11 Å². The lowest BCUT2D eigenvalue weighted by Crippen LogP contribution is -2.57. The largest absolute Gasteiger partial charge is 0.390 e. The van der Waals surface area contributed by atoms with Crippen LogP contribution in [0.2, 0.25) is 0 Å². The number of hydrogen-bond acceptors (Lipinski definition) is 6. The Bertz CT molecular complexity index is 291. The first kappa shape index (κ1) is 13.2. The molecule has 1 fully saturated rings. The van der Waals surface area contributed by atoms with Gasteiger partial charge in [-0.15, -0.1) is 0 Å². The van der Waals surface area contributed by atoms with E-state index in [0.717, 1.165) is 0 Å². The van der Waals surface area contributed by atoms with Crippen LogP contribution >= 0.6 is 0 Å². The molecule has 0 saturated carbocycles. The fraction of sp³-hybridized carbons (Fsp3) is 1.00. The third-order valence-corrected chi connectivity index (χ3v) is 2.42. The van der Waals surface area contributed by atoms with Crippen LogP contribution in [0.1, 0.15) is 13.3 Å². The normalized spacial score (nSPS) is 41.2. The summed E-state index contributed by atoms with van der Waals surface area (Å²) < 4.78 is 5.03. The lowest BCUT2D eigenvalue weighted by atomic mass is 9.93. The molecule has 92 valence electrons. The molecular formula is C8H15N3O5. The van der Waals surface area contributed by atoms with Crippen LogP contribution in [0.4, 0.5) is 0 Å². The van der Waals surface area contributed by atoms with Gasteiger partial charge in [0, 0.05) is 11.3 Å². The maximum absolute atomic E-state index is 9.60. The molecule has 0 bridgehead atoms. The second-order valence-electron chi connectivity index (χ2n) is 4.00. The van der Waals surface area contributed by atoms with Crippen molar-refractivity contribution in [1.29, 1.82) is 0 Å². The molecule has 8 nitrogen and oxygen atoms in total. The lowest BCUT2D eigenvalue weighted by molar-refractivity contribution is -0.305. The van der Waals surface area contributed by atoms with Crippen LogP contribution in [0.5, 0.6) is 0 Å². The number of aliphatic hydroxyl groups is 4. The van der Waals surface area contributed by atoms with Crippen molar-refractivity contribution in [3.05, 3.63) is 10.4 Å². The molecule has 1 saturated heterocycles. The van der Waals surface area contributed by atoms with Gasteiger partial charge in [0.05, 0.1) is 18.8 Å². The average Bonchev–Trinajstić information content (AvgIpc) is 2.19. The second-order valence-corrected chi connectivity index (χ2v) is 4.00. The van der Waals surface area contributed by atoms with E-state index in [0.29, 0.717) is 0 Å². The van der Waals surface area contributed by atoms with Crippen LogP contribution in [0, 0.1) is 0 Å². The Labute approximate surface area is 91.7 Å². The Hall–Kier alpha value is -0.890. The van der Waals surface area contributed by atoms with E-state index in [1.807, 2.05) is 0 Å². The average molecular weight is 233 g/mol. The lowest BCUT2D eigenvalue weighted by Gasteiger charge is -2.42. The third-order valence-electron chi connectivity index (χ3n) is 2.42. The molecule has 1 aliphatic rings. The molecule has 8 heteroatoms. The van der Waals surface area contributed by atoms with Crippen molar-refractivity contribution in [2.24, 2.45) is 5.11 Å². The highest BCUT2D eigenvalue weighted by molar-refractivity contribution is 4.91. The smallest absolute Gasteiger partial charge is 0.165 e. The van der Waals surface area contributed by atoms with E-state index in [9.17, 15) is 20.4 Å². The van der Waals surface area contributed by atoms with Gasteiger partial charge >= 0.3 is 0 Å². The first-order chi connectivity index (χ1) is 7.37. The van der Waals surface area contributed by atoms with Gasteiger partial charge in [-0.05, 0) is 12.5 Å². The van der Waals surface area contributed by atoms with Gasteiger partial charge in [-0.25, -0.2) is 0 Å². The van der Waals surface area contributed by atoms with Gasteiger partial charge < -0.3 is 25.2 Å². The third kappa shape index (κ3) is 3.05. The molecular weight excluding hydrogens is 218 g/mol. The zero-order valence-corrected chi connectivity index (χ0v) is 8.76. The van der Waals surface area contributed by atoms with E-state index in [2.05, 4.69) is 10.0 Å². The summed E-state index contributed by atoms with van der Waals surface area (Å²) in [7, 11) is 0. The first-order valence-electron chi connectivity index (χ1n) is 4.82. The van der Waals surface area contributed by atoms with E-state index in [1.165, 1.54) is 6.92 Å². The minimum Gasteiger partial charge on any atom is -0.390 e. The van der Waals surface area contributed by atoms with E-state index in [-0.39, 0.29) is 13.0 Å². The van der Waals surface area contributed by atoms with Crippen LogP contribution < -0.4 is 0 Å². The summed E-state index contributed by atoms with van der Waals surface area (Å²) in [5.41, 5.74) is 8.08. The molecule has 1 heterocycles. The Morgan fingerprint density at radius 2 is 2.25 bits per heavy atom. The molecule has 0 aromatic heterocycles. The first-order valence-corrected chi connectivity index (χ1v) is 4.82. The monoisotopic (exact) mass is 233 g/mol. The fourth-order valence-corrected chi connectivity index (χ4v) is 1.67. The summed E-state index contributed by atoms with van der Waals surface area (Å²) in [6.07, 6.45) is -5.16. The number of nitrogens with zero attached hydrogens (tertiary/aromatic N) is 3. The van der Waals surface area contributed by atoms with Gasteiger partial charge in [-0.1, -0.05) is 5.11 Å². The van der Waals surface area contributed by atoms with Crippen LogP contribution in [-0.2, 0) is 4.74 Å². The van der Waals surface area contributed by atoms with E-state index in [1.54, 1.807) is 0 Å². The van der Waals surface area contributed by atoms with Crippen LogP contribution in [0.3, 0.4) is 0 Å². The highest BCUT2D eigenvalue weighted by atomic mass is 16.6. The van der Waals surface area contributed by atoms with Gasteiger partial charge in [-0.3, -0.25) is 0 Å². The van der Waals surface area contributed by atoms with Gasteiger partial charge in [-0.2, -0.15) is 0 Å². The van der Waals surface area contributed by atoms with Gasteiger partial charge in [0.1, 0.15) is 12.2 Å². The van der Waals surface area contributed by atoms with Crippen molar-refractivity contribution in [1.82, 2.24) is 0 Å². The Kier molecular flexibility index (Phi) is 4.09. The van der Waals surface area contributed by atoms with Gasteiger partial charge in [0.15, 0.2) is 5.79 Å². The van der Waals surface area contributed by atoms with Gasteiger partial charge in [0.25, 0.3) is 0 Å². The van der Waals surface area contributed by atoms with Crippen molar-refractivity contribution >= 4 is 0 Å². The number of azide groups is 1. The number of ether oxygens (including phenoxy) is 1. The maximum atomic E-state index is 9.60. The molecule has 5 atom stereocenters. The number of aliphatic hydroxyl groups excluding tert-OH is 3. The zero-order chi connectivity index (χ0) is 12.3. The van der Waals surface area contributed by atoms with Crippen molar-refractivity contribution in [3.63, 3.8) is 0 Å². The predicted molar refractivity (Wildman–Crippen MR) is 52.1 cm³/mol. The maximum Gasteiger partial charge on any atom is 0.165 e.